The van der Waals surface area contributed by atoms with Gasteiger partial charge in [0.25, 0.3) is 5.91 Å². The molecule has 4 heteroatoms. The molecule has 0 aliphatic carbocycles. The fourth-order valence-corrected chi connectivity index (χ4v) is 2.11. The lowest BCUT2D eigenvalue weighted by molar-refractivity contribution is 0.0758. The van der Waals surface area contributed by atoms with Crippen LogP contribution in [0.3, 0.4) is 0 Å². The van der Waals surface area contributed by atoms with Gasteiger partial charge in [-0.3, -0.25) is 4.79 Å². The van der Waals surface area contributed by atoms with Crippen molar-refractivity contribution in [2.75, 3.05) is 12.4 Å². The lowest BCUT2D eigenvalue weighted by atomic mass is 10.2. The SMILES string of the molecule is CC(CBr)N(C)C(=O)c1cccc(I)c1. The van der Waals surface area contributed by atoms with Crippen LogP contribution in [0.5, 0.6) is 0 Å². The molecule has 1 atom stereocenters. The smallest absolute Gasteiger partial charge is 0.253 e. The first-order valence-corrected chi connectivity index (χ1v) is 6.85. The molecule has 1 aromatic rings. The second-order valence-electron chi connectivity index (χ2n) is 3.43. The maximum Gasteiger partial charge on any atom is 0.253 e. The van der Waals surface area contributed by atoms with E-state index in [2.05, 4.69) is 38.5 Å². The van der Waals surface area contributed by atoms with E-state index < -0.39 is 0 Å². The zero-order chi connectivity index (χ0) is 11.4. The van der Waals surface area contributed by atoms with Crippen molar-refractivity contribution in [2.24, 2.45) is 0 Å². The summed E-state index contributed by atoms with van der Waals surface area (Å²) in [5.41, 5.74) is 0.747. The van der Waals surface area contributed by atoms with Gasteiger partial charge in [0.05, 0.1) is 0 Å². The summed E-state index contributed by atoms with van der Waals surface area (Å²) in [5.74, 6) is 0.0699. The van der Waals surface area contributed by atoms with Crippen LogP contribution < -0.4 is 0 Å². The molecule has 0 saturated carbocycles. The molecule has 82 valence electrons. The predicted molar refractivity (Wildman–Crippen MR) is 74.5 cm³/mol. The third-order valence-electron chi connectivity index (χ3n) is 2.28. The van der Waals surface area contributed by atoms with Crippen LogP contribution in [-0.2, 0) is 0 Å². The predicted octanol–water partition coefficient (Wildman–Crippen LogP) is 3.15. The number of hydrogen-bond donors (Lipinski definition) is 0. The lowest BCUT2D eigenvalue weighted by Crippen LogP contribution is -2.36. The van der Waals surface area contributed by atoms with Gasteiger partial charge in [-0.15, -0.1) is 0 Å². The Hall–Kier alpha value is -0.100. The number of amides is 1. The number of nitrogens with zero attached hydrogens (tertiary/aromatic N) is 1. The minimum Gasteiger partial charge on any atom is -0.338 e. The molecular formula is C11H13BrINO. The van der Waals surface area contributed by atoms with Crippen LogP contribution in [0.1, 0.15) is 17.3 Å². The van der Waals surface area contributed by atoms with E-state index in [1.54, 1.807) is 4.90 Å². The zero-order valence-electron chi connectivity index (χ0n) is 8.71. The van der Waals surface area contributed by atoms with Crippen LogP contribution in [0.25, 0.3) is 0 Å². The molecule has 15 heavy (non-hydrogen) atoms. The van der Waals surface area contributed by atoms with E-state index in [1.807, 2.05) is 38.2 Å². The largest absolute Gasteiger partial charge is 0.338 e. The van der Waals surface area contributed by atoms with Gasteiger partial charge in [0.15, 0.2) is 0 Å². The first-order chi connectivity index (χ1) is 7.06. The molecule has 0 heterocycles. The fourth-order valence-electron chi connectivity index (χ4n) is 1.13. The average molecular weight is 382 g/mol. The number of rotatable bonds is 3. The fraction of sp³-hybridized carbons (Fsp3) is 0.364. The molecule has 1 amide bonds. The Kier molecular flexibility index (Phi) is 5.05. The first-order valence-electron chi connectivity index (χ1n) is 4.65. The van der Waals surface area contributed by atoms with Crippen molar-refractivity contribution in [3.05, 3.63) is 33.4 Å². The molecule has 0 bridgehead atoms. The summed E-state index contributed by atoms with van der Waals surface area (Å²) in [6.07, 6.45) is 0. The van der Waals surface area contributed by atoms with E-state index in [-0.39, 0.29) is 11.9 Å². The Balaban J connectivity index is 2.85. The highest BCUT2D eigenvalue weighted by molar-refractivity contribution is 14.1. The second kappa shape index (κ2) is 5.84. The topological polar surface area (TPSA) is 20.3 Å². The van der Waals surface area contributed by atoms with Crippen molar-refractivity contribution in [1.29, 1.82) is 0 Å². The first kappa shape index (κ1) is 13.0. The van der Waals surface area contributed by atoms with Gasteiger partial charge in [-0.05, 0) is 47.7 Å². The number of halogens is 2. The van der Waals surface area contributed by atoms with Crippen LogP contribution in [0, 0.1) is 3.57 Å². The van der Waals surface area contributed by atoms with Crippen LogP contribution >= 0.6 is 38.5 Å². The maximum absolute atomic E-state index is 12.0. The highest BCUT2D eigenvalue weighted by Crippen LogP contribution is 2.11. The number of carbonyl (C=O) groups excluding carboxylic acids is 1. The van der Waals surface area contributed by atoms with Crippen LogP contribution in [-0.4, -0.2) is 29.2 Å². The van der Waals surface area contributed by atoms with Crippen molar-refractivity contribution < 1.29 is 4.79 Å². The summed E-state index contributed by atoms with van der Waals surface area (Å²) >= 11 is 5.58. The maximum atomic E-state index is 12.0. The molecule has 0 N–H and O–H groups in total. The molecule has 0 fully saturated rings. The van der Waals surface area contributed by atoms with Gasteiger partial charge >= 0.3 is 0 Å². The van der Waals surface area contributed by atoms with Crippen molar-refractivity contribution in [2.45, 2.75) is 13.0 Å². The number of alkyl halides is 1. The third-order valence-corrected chi connectivity index (χ3v) is 3.88. The van der Waals surface area contributed by atoms with Crippen molar-refractivity contribution in [1.82, 2.24) is 4.90 Å². The molecule has 0 saturated heterocycles. The zero-order valence-corrected chi connectivity index (χ0v) is 12.4. The Labute approximate surface area is 112 Å². The van der Waals surface area contributed by atoms with Crippen molar-refractivity contribution in [3.8, 4) is 0 Å². The lowest BCUT2D eigenvalue weighted by Gasteiger charge is -2.23. The Morgan fingerprint density at radius 1 is 1.60 bits per heavy atom. The van der Waals surface area contributed by atoms with Gasteiger partial charge < -0.3 is 4.90 Å². The summed E-state index contributed by atoms with van der Waals surface area (Å²) in [4.78, 5) is 13.7. The molecule has 0 spiro atoms. The van der Waals surface area contributed by atoms with E-state index in [9.17, 15) is 4.79 Å². The Bertz CT molecular complexity index is 356. The molecule has 0 aliphatic heterocycles. The van der Waals surface area contributed by atoms with Gasteiger partial charge in [-0.2, -0.15) is 0 Å². The molecule has 0 radical (unpaired) electrons. The van der Waals surface area contributed by atoms with Gasteiger partial charge in [0, 0.05) is 27.6 Å². The summed E-state index contributed by atoms with van der Waals surface area (Å²) in [6.45, 7) is 2.01. The molecule has 0 aromatic heterocycles. The van der Waals surface area contributed by atoms with E-state index in [1.165, 1.54) is 0 Å². The summed E-state index contributed by atoms with van der Waals surface area (Å²) in [7, 11) is 1.83. The third kappa shape index (κ3) is 3.45. The molecule has 0 aliphatic rings. The molecule has 2 nitrogen and oxygen atoms in total. The van der Waals surface area contributed by atoms with Gasteiger partial charge in [-0.25, -0.2) is 0 Å². The minimum atomic E-state index is 0.0699. The molecular weight excluding hydrogens is 369 g/mol. The van der Waals surface area contributed by atoms with Gasteiger partial charge in [0.2, 0.25) is 0 Å². The summed E-state index contributed by atoms with van der Waals surface area (Å²) in [6, 6.07) is 7.84. The quantitative estimate of drug-likeness (QED) is 0.581. The highest BCUT2D eigenvalue weighted by Gasteiger charge is 2.16. The number of hydrogen-bond acceptors (Lipinski definition) is 1. The van der Waals surface area contributed by atoms with Gasteiger partial charge in [-0.1, -0.05) is 22.0 Å². The Morgan fingerprint density at radius 3 is 2.80 bits per heavy atom. The molecule has 1 aromatic carbocycles. The van der Waals surface area contributed by atoms with E-state index >= 15 is 0 Å². The standard InChI is InChI=1S/C11H13BrINO/c1-8(7-12)14(2)11(15)9-4-3-5-10(13)6-9/h3-6,8H,7H2,1-2H3. The van der Waals surface area contributed by atoms with Crippen LogP contribution in [0.2, 0.25) is 0 Å². The van der Waals surface area contributed by atoms with Crippen LogP contribution in [0.4, 0.5) is 0 Å². The number of benzene rings is 1. The normalized spacial score (nSPS) is 12.3. The molecule has 1 rings (SSSR count). The van der Waals surface area contributed by atoms with Crippen molar-refractivity contribution >= 4 is 44.4 Å². The second-order valence-corrected chi connectivity index (χ2v) is 5.32. The Morgan fingerprint density at radius 2 is 2.27 bits per heavy atom. The minimum absolute atomic E-state index is 0.0699. The highest BCUT2D eigenvalue weighted by atomic mass is 127. The van der Waals surface area contributed by atoms with E-state index in [0.717, 1.165) is 14.5 Å². The van der Waals surface area contributed by atoms with Gasteiger partial charge in [0.1, 0.15) is 0 Å². The van der Waals surface area contributed by atoms with E-state index in [0.29, 0.717) is 0 Å². The summed E-state index contributed by atoms with van der Waals surface area (Å²) < 4.78 is 1.08. The van der Waals surface area contributed by atoms with Crippen molar-refractivity contribution in [3.63, 3.8) is 0 Å². The monoisotopic (exact) mass is 381 g/mol. The molecule has 1 unspecified atom stereocenters. The average Bonchev–Trinajstić information content (AvgIpc) is 2.26. The number of carbonyl (C=O) groups is 1. The summed E-state index contributed by atoms with van der Waals surface area (Å²) in [5, 5.41) is 0.791. The van der Waals surface area contributed by atoms with E-state index in [4.69, 9.17) is 0 Å². The van der Waals surface area contributed by atoms with Crippen LogP contribution in [0.15, 0.2) is 24.3 Å².